The second-order valence-corrected chi connectivity index (χ2v) is 5.97. The average molecular weight is 271 g/mol. The van der Waals surface area contributed by atoms with Crippen molar-refractivity contribution in [2.24, 2.45) is 0 Å². The zero-order valence-electron chi connectivity index (χ0n) is 11.0. The zero-order valence-corrected chi connectivity index (χ0v) is 11.8. The monoisotopic (exact) mass is 271 g/mol. The number of aliphatic hydroxyl groups is 1. The lowest BCUT2D eigenvalue weighted by molar-refractivity contribution is -0.0310. The Morgan fingerprint density at radius 1 is 1.50 bits per heavy atom. The summed E-state index contributed by atoms with van der Waals surface area (Å²) in [5.41, 5.74) is 1.94. The Labute approximate surface area is 112 Å². The molecule has 0 aliphatic carbocycles. The minimum Gasteiger partial charge on any atom is -0.385 e. The predicted octanol–water partition coefficient (Wildman–Crippen LogP) is 2.11. The maximum Gasteiger partial charge on any atom is 0.0950 e. The van der Waals surface area contributed by atoms with E-state index in [1.807, 2.05) is 0 Å². The first-order valence-corrected chi connectivity index (χ1v) is 7.30. The molecular weight excluding hydrogens is 250 g/mol. The van der Waals surface area contributed by atoms with E-state index in [1.54, 1.807) is 19.4 Å². The Balaban J connectivity index is 1.81. The third-order valence-corrected chi connectivity index (χ3v) is 4.24. The van der Waals surface area contributed by atoms with E-state index in [-0.39, 0.29) is 0 Å². The number of rotatable bonds is 5. The lowest BCUT2D eigenvalue weighted by atomic mass is 10.1. The van der Waals surface area contributed by atoms with Gasteiger partial charge in [0.15, 0.2) is 0 Å². The minimum absolute atomic E-state index is 0.322. The molecule has 5 heteroatoms. The summed E-state index contributed by atoms with van der Waals surface area (Å²) in [6, 6.07) is 0. The largest absolute Gasteiger partial charge is 0.385 e. The molecule has 0 amide bonds. The molecule has 0 radical (unpaired) electrons. The van der Waals surface area contributed by atoms with Gasteiger partial charge in [-0.3, -0.25) is 0 Å². The van der Waals surface area contributed by atoms with Gasteiger partial charge in [0.25, 0.3) is 0 Å². The highest BCUT2D eigenvalue weighted by atomic mass is 32.1. The smallest absolute Gasteiger partial charge is 0.0950 e. The maximum atomic E-state index is 10.0. The second kappa shape index (κ2) is 6.10. The van der Waals surface area contributed by atoms with E-state index in [9.17, 15) is 5.11 Å². The van der Waals surface area contributed by atoms with Gasteiger partial charge in [0, 0.05) is 19.6 Å². The van der Waals surface area contributed by atoms with Crippen LogP contribution < -0.4 is 0 Å². The van der Waals surface area contributed by atoms with Gasteiger partial charge in [-0.25, -0.2) is 4.98 Å². The third kappa shape index (κ3) is 3.75. The summed E-state index contributed by atoms with van der Waals surface area (Å²) < 4.78 is 11.1. The highest BCUT2D eigenvalue weighted by Gasteiger charge is 2.22. The van der Waals surface area contributed by atoms with E-state index < -0.39 is 5.60 Å². The molecule has 2 heterocycles. The molecule has 1 aromatic rings. The number of aromatic nitrogens is 1. The second-order valence-electron chi connectivity index (χ2n) is 5.12. The Kier molecular flexibility index (Phi) is 4.72. The van der Waals surface area contributed by atoms with Crippen LogP contribution in [0.25, 0.3) is 0 Å². The molecule has 18 heavy (non-hydrogen) atoms. The van der Waals surface area contributed by atoms with Gasteiger partial charge >= 0.3 is 0 Å². The summed E-state index contributed by atoms with van der Waals surface area (Å²) in [5.74, 6) is 0. The highest BCUT2D eigenvalue weighted by molar-refractivity contribution is 7.09. The van der Waals surface area contributed by atoms with Gasteiger partial charge in [0.2, 0.25) is 0 Å². The summed E-state index contributed by atoms with van der Waals surface area (Å²) in [7, 11) is 0. The van der Waals surface area contributed by atoms with Crippen LogP contribution in [0.3, 0.4) is 0 Å². The van der Waals surface area contributed by atoms with Gasteiger partial charge in [0.1, 0.15) is 0 Å². The first-order chi connectivity index (χ1) is 8.57. The molecule has 4 nitrogen and oxygen atoms in total. The summed E-state index contributed by atoms with van der Waals surface area (Å²) in [6.07, 6.45) is 3.05. The molecule has 1 aliphatic rings. The van der Waals surface area contributed by atoms with E-state index in [0.29, 0.717) is 12.7 Å². The first kappa shape index (κ1) is 13.9. The van der Waals surface area contributed by atoms with Crippen molar-refractivity contribution >= 4 is 11.3 Å². The highest BCUT2D eigenvalue weighted by Crippen LogP contribution is 2.27. The van der Waals surface area contributed by atoms with E-state index >= 15 is 0 Å². The Hall–Kier alpha value is -0.490. The molecule has 1 N–H and O–H groups in total. The molecular formula is C13H21NO3S. The van der Waals surface area contributed by atoms with Crippen LogP contribution in [0.4, 0.5) is 0 Å². The number of hydrogen-bond donors (Lipinski definition) is 1. The van der Waals surface area contributed by atoms with Crippen LogP contribution in [0.2, 0.25) is 0 Å². The predicted molar refractivity (Wildman–Crippen MR) is 70.9 cm³/mol. The molecule has 1 aromatic heterocycles. The fourth-order valence-corrected chi connectivity index (χ4v) is 2.97. The molecule has 0 spiro atoms. The molecule has 1 fully saturated rings. The fourth-order valence-electron chi connectivity index (χ4n) is 2.11. The van der Waals surface area contributed by atoms with Crippen LogP contribution in [0.15, 0.2) is 5.51 Å². The van der Waals surface area contributed by atoms with Crippen LogP contribution in [0.5, 0.6) is 0 Å². The molecule has 0 atom stereocenters. The number of thiazole rings is 1. The van der Waals surface area contributed by atoms with Gasteiger partial charge in [-0.05, 0) is 26.7 Å². The van der Waals surface area contributed by atoms with Gasteiger partial charge in [-0.2, -0.15) is 0 Å². The van der Waals surface area contributed by atoms with Crippen LogP contribution >= 0.6 is 11.3 Å². The van der Waals surface area contributed by atoms with Gasteiger partial charge in [-0.15, -0.1) is 11.3 Å². The third-order valence-electron chi connectivity index (χ3n) is 3.06. The van der Waals surface area contributed by atoms with E-state index in [1.165, 1.54) is 11.3 Å². The summed E-state index contributed by atoms with van der Waals surface area (Å²) >= 11 is 1.51. The molecule has 0 saturated carbocycles. The van der Waals surface area contributed by atoms with Crippen molar-refractivity contribution in [1.82, 2.24) is 4.98 Å². The quantitative estimate of drug-likeness (QED) is 0.891. The molecule has 0 unspecified atom stereocenters. The number of nitrogens with zero attached hydrogens (tertiary/aromatic N) is 1. The van der Waals surface area contributed by atoms with Gasteiger partial charge in [-0.1, -0.05) is 0 Å². The minimum atomic E-state index is -0.810. The van der Waals surface area contributed by atoms with Crippen molar-refractivity contribution < 1.29 is 14.6 Å². The summed E-state index contributed by atoms with van der Waals surface area (Å²) in [6.45, 7) is 5.86. The van der Waals surface area contributed by atoms with Crippen molar-refractivity contribution in [3.05, 3.63) is 16.1 Å². The lowest BCUT2D eigenvalue weighted by Gasteiger charge is -2.22. The van der Waals surface area contributed by atoms with Crippen LogP contribution in [-0.4, -0.2) is 36.0 Å². The van der Waals surface area contributed by atoms with Crippen molar-refractivity contribution in [3.63, 3.8) is 0 Å². The molecule has 1 aliphatic heterocycles. The van der Waals surface area contributed by atoms with Crippen molar-refractivity contribution in [2.75, 3.05) is 19.8 Å². The first-order valence-electron chi connectivity index (χ1n) is 6.42. The molecule has 0 bridgehead atoms. The fraction of sp³-hybridized carbons (Fsp3) is 0.769. The van der Waals surface area contributed by atoms with Crippen molar-refractivity contribution in [2.45, 2.75) is 44.8 Å². The summed E-state index contributed by atoms with van der Waals surface area (Å²) in [4.78, 5) is 5.26. The van der Waals surface area contributed by atoms with Gasteiger partial charge in [0.05, 0.1) is 34.4 Å². The molecule has 1 saturated heterocycles. The van der Waals surface area contributed by atoms with Crippen LogP contribution in [-0.2, 0) is 21.5 Å². The SMILES string of the molecule is CC(C)(O)c1scnc1CCOC1CCOCC1. The van der Waals surface area contributed by atoms with E-state index in [4.69, 9.17) is 9.47 Å². The average Bonchev–Trinajstić information content (AvgIpc) is 2.78. The molecule has 102 valence electrons. The Morgan fingerprint density at radius 2 is 2.22 bits per heavy atom. The zero-order chi connectivity index (χ0) is 13.0. The lowest BCUT2D eigenvalue weighted by Crippen LogP contribution is -2.24. The van der Waals surface area contributed by atoms with Gasteiger partial charge < -0.3 is 14.6 Å². The number of hydrogen-bond acceptors (Lipinski definition) is 5. The van der Waals surface area contributed by atoms with Crippen LogP contribution in [0, 0.1) is 0 Å². The Morgan fingerprint density at radius 3 is 2.89 bits per heavy atom. The molecule has 2 rings (SSSR count). The maximum absolute atomic E-state index is 10.0. The normalized spacial score (nSPS) is 18.2. The standard InChI is InChI=1S/C13H21NO3S/c1-13(2,15)12-11(14-9-18-12)5-8-17-10-3-6-16-7-4-10/h9-10,15H,3-8H2,1-2H3. The summed E-state index contributed by atoms with van der Waals surface area (Å²) in [5, 5.41) is 10.0. The van der Waals surface area contributed by atoms with Crippen molar-refractivity contribution in [3.8, 4) is 0 Å². The molecule has 0 aromatic carbocycles. The number of ether oxygens (including phenoxy) is 2. The van der Waals surface area contributed by atoms with Crippen molar-refractivity contribution in [1.29, 1.82) is 0 Å². The van der Waals surface area contributed by atoms with E-state index in [0.717, 1.165) is 43.0 Å². The topological polar surface area (TPSA) is 51.6 Å². The van der Waals surface area contributed by atoms with E-state index in [2.05, 4.69) is 4.98 Å². The van der Waals surface area contributed by atoms with Crippen LogP contribution in [0.1, 0.15) is 37.3 Å². The Bertz CT molecular complexity index is 367.